The van der Waals surface area contributed by atoms with E-state index in [0.29, 0.717) is 42.1 Å². The number of fused-ring (bicyclic) bond motifs is 1. The minimum atomic E-state index is -1.94. The monoisotopic (exact) mass is 591 g/mol. The Balaban J connectivity index is 1.79. The van der Waals surface area contributed by atoms with E-state index in [4.69, 9.17) is 27.6 Å². The zero-order valence-electron chi connectivity index (χ0n) is 23.2. The molecule has 0 bridgehead atoms. The van der Waals surface area contributed by atoms with Crippen molar-refractivity contribution in [2.24, 2.45) is 0 Å². The molecule has 0 aliphatic carbocycles. The van der Waals surface area contributed by atoms with Gasteiger partial charge in [0.1, 0.15) is 11.0 Å². The Labute approximate surface area is 239 Å². The van der Waals surface area contributed by atoms with E-state index in [1.807, 2.05) is 36.1 Å². The maximum Gasteiger partial charge on any atom is 0.407 e. The van der Waals surface area contributed by atoms with Gasteiger partial charge in [-0.25, -0.2) is 19.1 Å². The summed E-state index contributed by atoms with van der Waals surface area (Å²) in [6.07, 6.45) is -0.367. The van der Waals surface area contributed by atoms with E-state index in [9.17, 15) is 14.7 Å². The van der Waals surface area contributed by atoms with Crippen LogP contribution in [0.4, 0.5) is 10.6 Å². The molecule has 1 N–H and O–H groups in total. The number of rotatable bonds is 6. The Morgan fingerprint density at radius 1 is 1.18 bits per heavy atom. The van der Waals surface area contributed by atoms with Crippen LogP contribution in [0, 0.1) is 0 Å². The molecule has 0 saturated carbocycles. The second-order valence-corrected chi connectivity index (χ2v) is 17.0. The SMILES string of the molecule is C[C@H]1CN(C(=O)O)CCN1c1nc(=O)n(-c2ccccc2CCO[Si](C)(C)C(C)(C)C)c2nc(Cl)c(Cl)cc12. The van der Waals surface area contributed by atoms with Crippen molar-refractivity contribution in [3.8, 4) is 5.69 Å². The molecule has 1 aromatic carbocycles. The normalized spacial score (nSPS) is 16.7. The number of halogens is 2. The molecule has 0 spiro atoms. The molecule has 4 rings (SSSR count). The molecule has 1 atom stereocenters. The molecule has 9 nitrogen and oxygen atoms in total. The van der Waals surface area contributed by atoms with Crippen LogP contribution >= 0.6 is 23.2 Å². The number of hydrogen-bond donors (Lipinski definition) is 1. The highest BCUT2D eigenvalue weighted by Gasteiger charge is 2.37. The number of piperazine rings is 1. The van der Waals surface area contributed by atoms with Crippen molar-refractivity contribution in [3.05, 3.63) is 56.6 Å². The summed E-state index contributed by atoms with van der Waals surface area (Å²) in [6, 6.07) is 9.09. The molecule has 1 saturated heterocycles. The fourth-order valence-electron chi connectivity index (χ4n) is 4.54. The lowest BCUT2D eigenvalue weighted by atomic mass is 10.1. The van der Waals surface area contributed by atoms with Crippen LogP contribution in [-0.4, -0.2) is 71.2 Å². The van der Waals surface area contributed by atoms with E-state index in [2.05, 4.69) is 43.8 Å². The van der Waals surface area contributed by atoms with Crippen molar-refractivity contribution in [1.29, 1.82) is 0 Å². The molecule has 1 amide bonds. The minimum absolute atomic E-state index is 0.0805. The van der Waals surface area contributed by atoms with Crippen LogP contribution in [0.5, 0.6) is 0 Å². The molecule has 39 heavy (non-hydrogen) atoms. The first-order valence-corrected chi connectivity index (χ1v) is 16.6. The van der Waals surface area contributed by atoms with E-state index >= 15 is 0 Å². The molecular formula is C27H35Cl2N5O4Si. The molecule has 3 aromatic rings. The second kappa shape index (κ2) is 11.1. The standard InChI is InChI=1S/C27H35Cl2N5O4Si/c1-17-16-32(26(36)37)12-13-33(17)23-19-15-20(28)22(29)30-24(19)34(25(35)31-23)21-10-8-7-9-18(21)11-14-38-39(5,6)27(2,3)4/h7-10,15,17H,11-14,16H2,1-6H3,(H,36,37)/t17-/m0/s1. The van der Waals surface area contributed by atoms with Crippen LogP contribution in [0.15, 0.2) is 35.1 Å². The lowest BCUT2D eigenvalue weighted by molar-refractivity contribution is 0.136. The molecule has 12 heteroatoms. The van der Waals surface area contributed by atoms with Gasteiger partial charge in [-0.2, -0.15) is 4.98 Å². The van der Waals surface area contributed by atoms with E-state index in [1.54, 1.807) is 6.07 Å². The Bertz CT molecular complexity index is 1460. The smallest absolute Gasteiger partial charge is 0.407 e. The van der Waals surface area contributed by atoms with E-state index in [0.717, 1.165) is 5.56 Å². The number of nitrogens with zero attached hydrogens (tertiary/aromatic N) is 5. The molecule has 1 aliphatic heterocycles. The van der Waals surface area contributed by atoms with Gasteiger partial charge >= 0.3 is 11.8 Å². The molecular weight excluding hydrogens is 557 g/mol. The topological polar surface area (TPSA) is 101 Å². The summed E-state index contributed by atoms with van der Waals surface area (Å²) in [4.78, 5) is 37.5. The van der Waals surface area contributed by atoms with Gasteiger partial charge in [0, 0.05) is 32.3 Å². The summed E-state index contributed by atoms with van der Waals surface area (Å²) in [5.41, 5.74) is 1.41. The summed E-state index contributed by atoms with van der Waals surface area (Å²) >= 11 is 12.7. The Morgan fingerprint density at radius 3 is 2.51 bits per heavy atom. The van der Waals surface area contributed by atoms with Crippen LogP contribution < -0.4 is 10.6 Å². The van der Waals surface area contributed by atoms with Crippen LogP contribution in [0.1, 0.15) is 33.3 Å². The van der Waals surface area contributed by atoms with Crippen molar-refractivity contribution in [2.45, 2.75) is 58.3 Å². The second-order valence-electron chi connectivity index (χ2n) is 11.4. The van der Waals surface area contributed by atoms with E-state index < -0.39 is 20.1 Å². The van der Waals surface area contributed by atoms with Gasteiger partial charge in [0.15, 0.2) is 14.0 Å². The summed E-state index contributed by atoms with van der Waals surface area (Å²) in [5, 5.41) is 10.4. The van der Waals surface area contributed by atoms with Gasteiger partial charge in [-0.1, -0.05) is 62.2 Å². The number of pyridine rings is 1. The van der Waals surface area contributed by atoms with Crippen molar-refractivity contribution in [3.63, 3.8) is 0 Å². The van der Waals surface area contributed by atoms with Crippen molar-refractivity contribution in [1.82, 2.24) is 19.4 Å². The van der Waals surface area contributed by atoms with Crippen LogP contribution in [0.25, 0.3) is 16.7 Å². The van der Waals surface area contributed by atoms with E-state index in [1.165, 1.54) is 9.47 Å². The number of anilines is 1. The van der Waals surface area contributed by atoms with Crippen molar-refractivity contribution in [2.75, 3.05) is 31.1 Å². The summed E-state index contributed by atoms with van der Waals surface area (Å²) in [5.74, 6) is 0.411. The zero-order valence-corrected chi connectivity index (χ0v) is 25.7. The highest BCUT2D eigenvalue weighted by molar-refractivity contribution is 6.74. The van der Waals surface area contributed by atoms with E-state index in [-0.39, 0.29) is 34.3 Å². The molecule has 1 aliphatic rings. The quantitative estimate of drug-likeness (QED) is 0.284. The number of carbonyl (C=O) groups is 1. The maximum atomic E-state index is 13.7. The van der Waals surface area contributed by atoms with Gasteiger partial charge in [0.05, 0.1) is 16.1 Å². The maximum absolute atomic E-state index is 13.7. The van der Waals surface area contributed by atoms with Gasteiger partial charge in [-0.05, 0) is 49.2 Å². The summed E-state index contributed by atoms with van der Waals surface area (Å²) in [6.45, 7) is 14.4. The van der Waals surface area contributed by atoms with Crippen LogP contribution in [0.2, 0.25) is 28.3 Å². The fourth-order valence-corrected chi connectivity index (χ4v) is 5.87. The third-order valence-corrected chi connectivity index (χ3v) is 13.0. The van der Waals surface area contributed by atoms with Gasteiger partial charge in [0.25, 0.3) is 0 Å². The Hall–Kier alpha value is -2.66. The Kier molecular flexibility index (Phi) is 8.33. The number of carboxylic acid groups (broad SMARTS) is 1. The van der Waals surface area contributed by atoms with Gasteiger partial charge in [-0.3, -0.25) is 0 Å². The molecule has 210 valence electrons. The lowest BCUT2D eigenvalue weighted by Gasteiger charge is -2.39. The Morgan fingerprint density at radius 2 is 1.87 bits per heavy atom. The summed E-state index contributed by atoms with van der Waals surface area (Å²) < 4.78 is 7.88. The number of benzene rings is 1. The number of hydrogen-bond acceptors (Lipinski definition) is 6. The van der Waals surface area contributed by atoms with Crippen LogP contribution in [-0.2, 0) is 10.8 Å². The van der Waals surface area contributed by atoms with Gasteiger partial charge < -0.3 is 19.3 Å². The highest BCUT2D eigenvalue weighted by Crippen LogP contribution is 2.37. The molecule has 0 radical (unpaired) electrons. The summed E-state index contributed by atoms with van der Waals surface area (Å²) in [7, 11) is -1.94. The fraction of sp³-hybridized carbons (Fsp3) is 0.481. The number of amides is 1. The molecule has 2 aromatic heterocycles. The average Bonchev–Trinajstić information content (AvgIpc) is 2.84. The zero-order chi connectivity index (χ0) is 28.7. The lowest BCUT2D eigenvalue weighted by Crippen LogP contribution is -2.54. The van der Waals surface area contributed by atoms with Crippen molar-refractivity contribution >= 4 is 54.5 Å². The third kappa shape index (κ3) is 5.94. The number of aromatic nitrogens is 3. The van der Waals surface area contributed by atoms with Crippen LogP contribution in [0.3, 0.4) is 0 Å². The molecule has 0 unspecified atom stereocenters. The van der Waals surface area contributed by atoms with Crippen molar-refractivity contribution < 1.29 is 14.3 Å². The predicted molar refractivity (Wildman–Crippen MR) is 158 cm³/mol. The first-order valence-electron chi connectivity index (χ1n) is 13.0. The minimum Gasteiger partial charge on any atom is -0.465 e. The average molecular weight is 593 g/mol. The molecule has 1 fully saturated rings. The van der Waals surface area contributed by atoms with Gasteiger partial charge in [0.2, 0.25) is 0 Å². The highest BCUT2D eigenvalue weighted by atomic mass is 35.5. The first kappa shape index (κ1) is 29.3. The first-order chi connectivity index (χ1) is 18.2. The third-order valence-electron chi connectivity index (χ3n) is 7.80. The predicted octanol–water partition coefficient (Wildman–Crippen LogP) is 5.84. The largest absolute Gasteiger partial charge is 0.465 e. The van der Waals surface area contributed by atoms with Gasteiger partial charge in [-0.15, -0.1) is 0 Å². The molecule has 3 heterocycles. The number of para-hydroxylation sites is 1.